The molecule has 1 aliphatic rings. The van der Waals surface area contributed by atoms with Gasteiger partial charge in [0.05, 0.1) is 5.52 Å². The molecule has 3 heterocycles. The van der Waals surface area contributed by atoms with E-state index in [-0.39, 0.29) is 17.9 Å². The van der Waals surface area contributed by atoms with E-state index >= 15 is 0 Å². The number of fused-ring (bicyclic) bond motifs is 3. The van der Waals surface area contributed by atoms with Crippen molar-refractivity contribution in [1.29, 1.82) is 0 Å². The molecule has 0 radical (unpaired) electrons. The molecule has 5 rings (SSSR count). The third-order valence-corrected chi connectivity index (χ3v) is 6.21. The molecule has 0 spiro atoms. The van der Waals surface area contributed by atoms with Gasteiger partial charge in [0.2, 0.25) is 5.95 Å². The monoisotopic (exact) mass is 428 g/mol. The number of rotatable bonds is 3. The number of anilines is 1. The molecule has 2 aromatic heterocycles. The van der Waals surface area contributed by atoms with Crippen molar-refractivity contribution in [2.45, 2.75) is 39.7 Å². The maximum Gasteiger partial charge on any atom is 0.254 e. The Hall–Kier alpha value is -3.48. The van der Waals surface area contributed by atoms with Crippen LogP contribution in [-0.2, 0) is 0 Å². The lowest BCUT2D eigenvalue weighted by Crippen LogP contribution is -2.54. The summed E-state index contributed by atoms with van der Waals surface area (Å²) in [6.07, 6.45) is 0. The Kier molecular flexibility index (Phi) is 5.04. The van der Waals surface area contributed by atoms with E-state index in [9.17, 15) is 4.79 Å². The largest absolute Gasteiger partial charge is 0.338 e. The highest BCUT2D eigenvalue weighted by Gasteiger charge is 2.31. The van der Waals surface area contributed by atoms with Crippen molar-refractivity contribution < 1.29 is 4.79 Å². The lowest BCUT2D eigenvalue weighted by Gasteiger charge is -2.40. The van der Waals surface area contributed by atoms with Gasteiger partial charge in [-0.1, -0.05) is 43.7 Å². The summed E-state index contributed by atoms with van der Waals surface area (Å²) in [4.78, 5) is 22.4. The number of para-hydroxylation sites is 1. The fourth-order valence-corrected chi connectivity index (χ4v) is 4.56. The summed E-state index contributed by atoms with van der Waals surface area (Å²) in [6.45, 7) is 10.4. The van der Waals surface area contributed by atoms with E-state index < -0.39 is 0 Å². The molecule has 1 amide bonds. The molecule has 1 saturated heterocycles. The highest BCUT2D eigenvalue weighted by Crippen LogP contribution is 2.28. The highest BCUT2D eigenvalue weighted by atomic mass is 16.2. The minimum Gasteiger partial charge on any atom is -0.338 e. The van der Waals surface area contributed by atoms with Crippen molar-refractivity contribution in [3.63, 3.8) is 0 Å². The second kappa shape index (κ2) is 7.89. The summed E-state index contributed by atoms with van der Waals surface area (Å²) in [5.74, 6) is 2.05. The normalized spacial score (nSPS) is 17.0. The van der Waals surface area contributed by atoms with Crippen LogP contribution in [0.1, 0.15) is 48.4 Å². The first-order valence-electron chi connectivity index (χ1n) is 11.2. The molecule has 1 atom stereocenters. The molecule has 2 aromatic carbocycles. The number of amides is 1. The van der Waals surface area contributed by atoms with Crippen LogP contribution in [0.2, 0.25) is 0 Å². The molecule has 4 aromatic rings. The van der Waals surface area contributed by atoms with Gasteiger partial charge in [-0.25, -0.2) is 9.38 Å². The van der Waals surface area contributed by atoms with Gasteiger partial charge in [-0.3, -0.25) is 4.79 Å². The zero-order valence-corrected chi connectivity index (χ0v) is 19.0. The third kappa shape index (κ3) is 3.38. The number of aromatic nitrogens is 4. The number of carbonyl (C=O) groups is 1. The Labute approximate surface area is 187 Å². The van der Waals surface area contributed by atoms with E-state index in [0.29, 0.717) is 19.6 Å². The van der Waals surface area contributed by atoms with Crippen LogP contribution in [0, 0.1) is 6.92 Å². The van der Waals surface area contributed by atoms with Crippen LogP contribution in [0.25, 0.3) is 16.6 Å². The van der Waals surface area contributed by atoms with E-state index in [1.807, 2.05) is 60.4 Å². The Bertz CT molecular complexity index is 1310. The number of hydrogen-bond acceptors (Lipinski definition) is 5. The van der Waals surface area contributed by atoms with Gasteiger partial charge in [0.1, 0.15) is 5.82 Å². The number of nitrogens with zero attached hydrogens (tertiary/aromatic N) is 6. The number of hydrogen-bond donors (Lipinski definition) is 0. The van der Waals surface area contributed by atoms with Crippen LogP contribution in [0.5, 0.6) is 0 Å². The van der Waals surface area contributed by atoms with E-state index in [1.54, 1.807) is 0 Å². The molecule has 1 aliphatic heterocycles. The number of benzene rings is 2. The predicted octanol–water partition coefficient (Wildman–Crippen LogP) is 4.06. The molecule has 0 aliphatic carbocycles. The van der Waals surface area contributed by atoms with Crippen LogP contribution in [-0.4, -0.2) is 56.1 Å². The van der Waals surface area contributed by atoms with Crippen LogP contribution < -0.4 is 4.90 Å². The first-order valence-corrected chi connectivity index (χ1v) is 11.2. The molecule has 0 N–H and O–H groups in total. The SMILES string of the molecule is Cc1cccc(C(=O)N2CCN(c3nc4ccccc4c4nnc(C(C)C)n34)C[C@H]2C)c1. The Morgan fingerprint density at radius 2 is 1.88 bits per heavy atom. The quantitative estimate of drug-likeness (QED) is 0.492. The minimum absolute atomic E-state index is 0.0547. The minimum atomic E-state index is 0.0547. The van der Waals surface area contributed by atoms with Crippen LogP contribution in [0.4, 0.5) is 5.95 Å². The Morgan fingerprint density at radius 3 is 2.62 bits per heavy atom. The fraction of sp³-hybridized carbons (Fsp3) is 0.360. The molecule has 7 nitrogen and oxygen atoms in total. The van der Waals surface area contributed by atoms with Gasteiger partial charge in [-0.2, -0.15) is 0 Å². The van der Waals surface area contributed by atoms with Gasteiger partial charge in [0.15, 0.2) is 5.65 Å². The molecule has 164 valence electrons. The average molecular weight is 429 g/mol. The van der Waals surface area contributed by atoms with Crippen molar-refractivity contribution >= 4 is 28.4 Å². The lowest BCUT2D eigenvalue weighted by molar-refractivity contribution is 0.0673. The van der Waals surface area contributed by atoms with Gasteiger partial charge >= 0.3 is 0 Å². The maximum atomic E-state index is 13.2. The third-order valence-electron chi connectivity index (χ3n) is 6.21. The molecule has 0 unspecified atom stereocenters. The smallest absolute Gasteiger partial charge is 0.254 e. The zero-order valence-electron chi connectivity index (χ0n) is 19.0. The second-order valence-corrected chi connectivity index (χ2v) is 8.96. The van der Waals surface area contributed by atoms with Gasteiger partial charge in [-0.05, 0) is 38.1 Å². The van der Waals surface area contributed by atoms with Crippen molar-refractivity contribution in [3.05, 3.63) is 65.5 Å². The summed E-state index contributed by atoms with van der Waals surface area (Å²) in [5.41, 5.74) is 3.58. The topological polar surface area (TPSA) is 66.6 Å². The Balaban J connectivity index is 1.51. The molecule has 32 heavy (non-hydrogen) atoms. The highest BCUT2D eigenvalue weighted by molar-refractivity contribution is 5.95. The average Bonchev–Trinajstić information content (AvgIpc) is 3.24. The van der Waals surface area contributed by atoms with Crippen LogP contribution in [0.15, 0.2) is 48.5 Å². The van der Waals surface area contributed by atoms with Crippen molar-refractivity contribution in [2.75, 3.05) is 24.5 Å². The van der Waals surface area contributed by atoms with Gasteiger partial charge in [0.25, 0.3) is 5.91 Å². The summed E-state index contributed by atoms with van der Waals surface area (Å²) in [7, 11) is 0. The van der Waals surface area contributed by atoms with Crippen LogP contribution >= 0.6 is 0 Å². The molecule has 7 heteroatoms. The van der Waals surface area contributed by atoms with E-state index in [2.05, 4.69) is 40.3 Å². The van der Waals surface area contributed by atoms with Gasteiger partial charge in [0, 0.05) is 42.5 Å². The van der Waals surface area contributed by atoms with Crippen molar-refractivity contribution in [1.82, 2.24) is 24.5 Å². The summed E-state index contributed by atoms with van der Waals surface area (Å²) < 4.78 is 2.09. The fourth-order valence-electron chi connectivity index (χ4n) is 4.56. The van der Waals surface area contributed by atoms with E-state index in [4.69, 9.17) is 4.98 Å². The summed E-state index contributed by atoms with van der Waals surface area (Å²) in [5, 5.41) is 10.0. The molecule has 0 saturated carbocycles. The van der Waals surface area contributed by atoms with Gasteiger partial charge in [-0.15, -0.1) is 10.2 Å². The first kappa shape index (κ1) is 20.4. The summed E-state index contributed by atoms with van der Waals surface area (Å²) in [6, 6.07) is 15.9. The second-order valence-electron chi connectivity index (χ2n) is 8.96. The number of carbonyl (C=O) groups excluding carboxylic acids is 1. The zero-order chi connectivity index (χ0) is 22.4. The maximum absolute atomic E-state index is 13.2. The Morgan fingerprint density at radius 1 is 1.06 bits per heavy atom. The number of aryl methyl sites for hydroxylation is 1. The summed E-state index contributed by atoms with van der Waals surface area (Å²) >= 11 is 0. The standard InChI is InChI=1S/C25H28N6O/c1-16(2)22-27-28-23-20-10-5-6-11-21(20)26-25(31(22)23)29-12-13-30(18(4)15-29)24(32)19-9-7-8-17(3)14-19/h5-11,14,16,18H,12-13,15H2,1-4H3/t18-/m1/s1. The van der Waals surface area contributed by atoms with Gasteiger partial charge < -0.3 is 9.80 Å². The molecular formula is C25H28N6O. The van der Waals surface area contributed by atoms with Crippen molar-refractivity contribution in [3.8, 4) is 0 Å². The molecular weight excluding hydrogens is 400 g/mol. The van der Waals surface area contributed by atoms with Crippen molar-refractivity contribution in [2.24, 2.45) is 0 Å². The predicted molar refractivity (Wildman–Crippen MR) is 126 cm³/mol. The molecule has 0 bridgehead atoms. The van der Waals surface area contributed by atoms with Crippen LogP contribution in [0.3, 0.4) is 0 Å². The van der Waals surface area contributed by atoms with E-state index in [1.165, 1.54) is 0 Å². The molecule has 1 fully saturated rings. The van der Waals surface area contributed by atoms with E-state index in [0.717, 1.165) is 39.4 Å². The lowest BCUT2D eigenvalue weighted by atomic mass is 10.1. The first-order chi connectivity index (χ1) is 15.4. The number of piperazine rings is 1.